The summed E-state index contributed by atoms with van der Waals surface area (Å²) in [7, 11) is 1.61. The number of nitrogens with zero attached hydrogens (tertiary/aromatic N) is 1. The SMILES string of the molecule is COCN(CC(C)C)C1CCC(=O)NC1=O. The number of carbonyl (C=O) groups excluding carboxylic acids is 2. The molecule has 0 aliphatic carbocycles. The number of amides is 2. The van der Waals surface area contributed by atoms with Crippen LogP contribution >= 0.6 is 0 Å². The fraction of sp³-hybridized carbons (Fsp3) is 0.818. The Bertz CT molecular complexity index is 266. The van der Waals surface area contributed by atoms with Crippen molar-refractivity contribution in [1.29, 1.82) is 0 Å². The Kier molecular flexibility index (Phi) is 4.89. The summed E-state index contributed by atoms with van der Waals surface area (Å²) in [5, 5.41) is 2.37. The van der Waals surface area contributed by atoms with E-state index >= 15 is 0 Å². The van der Waals surface area contributed by atoms with Gasteiger partial charge in [-0.05, 0) is 12.3 Å². The zero-order valence-corrected chi connectivity index (χ0v) is 10.2. The van der Waals surface area contributed by atoms with Crippen molar-refractivity contribution in [3.63, 3.8) is 0 Å². The first-order valence-corrected chi connectivity index (χ1v) is 5.61. The third-order valence-electron chi connectivity index (χ3n) is 2.55. The number of methoxy groups -OCH3 is 1. The fourth-order valence-electron chi connectivity index (χ4n) is 1.94. The number of nitrogens with one attached hydrogen (secondary N) is 1. The Morgan fingerprint density at radius 2 is 2.19 bits per heavy atom. The minimum absolute atomic E-state index is 0.178. The van der Waals surface area contributed by atoms with Crippen molar-refractivity contribution in [2.75, 3.05) is 20.4 Å². The van der Waals surface area contributed by atoms with Crippen molar-refractivity contribution in [2.45, 2.75) is 32.7 Å². The highest BCUT2D eigenvalue weighted by atomic mass is 16.5. The predicted octanol–water partition coefficient (Wildman–Crippen LogP) is 0.353. The van der Waals surface area contributed by atoms with E-state index in [1.165, 1.54) is 0 Å². The molecular weight excluding hydrogens is 208 g/mol. The van der Waals surface area contributed by atoms with Gasteiger partial charge >= 0.3 is 0 Å². The Labute approximate surface area is 96.1 Å². The van der Waals surface area contributed by atoms with Gasteiger partial charge in [0.05, 0.1) is 12.8 Å². The molecule has 0 aromatic heterocycles. The van der Waals surface area contributed by atoms with Gasteiger partial charge in [-0.2, -0.15) is 0 Å². The van der Waals surface area contributed by atoms with E-state index in [2.05, 4.69) is 19.2 Å². The van der Waals surface area contributed by atoms with Crippen LogP contribution in [0.5, 0.6) is 0 Å². The van der Waals surface area contributed by atoms with Gasteiger partial charge in [0.2, 0.25) is 11.8 Å². The molecule has 1 atom stereocenters. The van der Waals surface area contributed by atoms with Crippen LogP contribution in [0.2, 0.25) is 0 Å². The van der Waals surface area contributed by atoms with Crippen LogP contribution in [0.4, 0.5) is 0 Å². The normalized spacial score (nSPS) is 21.7. The number of piperidine rings is 1. The summed E-state index contributed by atoms with van der Waals surface area (Å²) in [4.78, 5) is 24.7. The molecule has 1 saturated heterocycles. The Hall–Kier alpha value is -0.940. The molecule has 0 spiro atoms. The standard InChI is InChI=1S/C11H20N2O3/c1-8(2)6-13(7-16-3)9-4-5-10(14)12-11(9)15/h8-9H,4-7H2,1-3H3,(H,12,14,15). The quantitative estimate of drug-likeness (QED) is 0.545. The monoisotopic (exact) mass is 228 g/mol. The molecule has 1 unspecified atom stereocenters. The molecule has 5 nitrogen and oxygen atoms in total. The lowest BCUT2D eigenvalue weighted by Crippen LogP contribution is -2.53. The van der Waals surface area contributed by atoms with E-state index in [9.17, 15) is 9.59 Å². The molecule has 1 heterocycles. The molecule has 0 saturated carbocycles. The Morgan fingerprint density at radius 1 is 1.50 bits per heavy atom. The summed E-state index contributed by atoms with van der Waals surface area (Å²) < 4.78 is 5.09. The molecule has 5 heteroatoms. The summed E-state index contributed by atoms with van der Waals surface area (Å²) in [5.41, 5.74) is 0. The van der Waals surface area contributed by atoms with Gasteiger partial charge in [0.15, 0.2) is 0 Å². The van der Waals surface area contributed by atoms with Gasteiger partial charge in [0.25, 0.3) is 0 Å². The molecular formula is C11H20N2O3. The van der Waals surface area contributed by atoms with Gasteiger partial charge in [-0.1, -0.05) is 13.8 Å². The molecule has 0 aromatic rings. The summed E-state index contributed by atoms with van der Waals surface area (Å²) in [6.07, 6.45) is 0.995. The lowest BCUT2D eigenvalue weighted by Gasteiger charge is -2.33. The van der Waals surface area contributed by atoms with Gasteiger partial charge in [-0.25, -0.2) is 0 Å². The third-order valence-corrected chi connectivity index (χ3v) is 2.55. The second kappa shape index (κ2) is 5.96. The van der Waals surface area contributed by atoms with Crippen LogP contribution in [0, 0.1) is 5.92 Å². The van der Waals surface area contributed by atoms with E-state index in [4.69, 9.17) is 4.74 Å². The fourth-order valence-corrected chi connectivity index (χ4v) is 1.94. The molecule has 0 bridgehead atoms. The lowest BCUT2D eigenvalue weighted by molar-refractivity contribution is -0.139. The van der Waals surface area contributed by atoms with Gasteiger partial charge < -0.3 is 4.74 Å². The molecule has 1 N–H and O–H groups in total. The van der Waals surface area contributed by atoms with Crippen LogP contribution in [0.1, 0.15) is 26.7 Å². The topological polar surface area (TPSA) is 58.6 Å². The van der Waals surface area contributed by atoms with Gasteiger partial charge in [-0.15, -0.1) is 0 Å². The number of rotatable bonds is 5. The molecule has 1 aliphatic rings. The molecule has 1 rings (SSSR count). The number of hydrogen-bond acceptors (Lipinski definition) is 4. The zero-order valence-electron chi connectivity index (χ0n) is 10.2. The van der Waals surface area contributed by atoms with Crippen molar-refractivity contribution in [2.24, 2.45) is 5.92 Å². The van der Waals surface area contributed by atoms with E-state index in [0.717, 1.165) is 6.54 Å². The number of carbonyl (C=O) groups is 2. The summed E-state index contributed by atoms with van der Waals surface area (Å²) in [6.45, 7) is 5.40. The van der Waals surface area contributed by atoms with E-state index in [1.54, 1.807) is 7.11 Å². The maximum absolute atomic E-state index is 11.7. The van der Waals surface area contributed by atoms with Gasteiger partial charge in [0.1, 0.15) is 0 Å². The second-order valence-corrected chi connectivity index (χ2v) is 4.55. The van der Waals surface area contributed by atoms with E-state index in [1.807, 2.05) is 4.90 Å². The lowest BCUT2D eigenvalue weighted by atomic mass is 10.0. The Morgan fingerprint density at radius 3 is 2.69 bits per heavy atom. The summed E-state index contributed by atoms with van der Waals surface area (Å²) in [5.74, 6) is 0.0812. The van der Waals surface area contributed by atoms with Crippen LogP contribution in [-0.2, 0) is 14.3 Å². The average molecular weight is 228 g/mol. The largest absolute Gasteiger partial charge is 0.369 e. The van der Waals surface area contributed by atoms with E-state index in [0.29, 0.717) is 25.5 Å². The maximum atomic E-state index is 11.7. The first-order valence-electron chi connectivity index (χ1n) is 5.61. The Balaban J connectivity index is 2.62. The van der Waals surface area contributed by atoms with Crippen LogP contribution in [-0.4, -0.2) is 43.1 Å². The van der Waals surface area contributed by atoms with Gasteiger partial charge in [0, 0.05) is 20.1 Å². The summed E-state index contributed by atoms with van der Waals surface area (Å²) >= 11 is 0. The molecule has 92 valence electrons. The third kappa shape index (κ3) is 3.57. The number of ether oxygens (including phenoxy) is 1. The van der Waals surface area contributed by atoms with Crippen molar-refractivity contribution < 1.29 is 14.3 Å². The molecule has 2 amide bonds. The van der Waals surface area contributed by atoms with Gasteiger partial charge in [-0.3, -0.25) is 19.8 Å². The van der Waals surface area contributed by atoms with Crippen LogP contribution in [0.25, 0.3) is 0 Å². The predicted molar refractivity (Wildman–Crippen MR) is 59.6 cm³/mol. The zero-order chi connectivity index (χ0) is 12.1. The number of hydrogen-bond donors (Lipinski definition) is 1. The molecule has 0 aromatic carbocycles. The minimum Gasteiger partial charge on any atom is -0.369 e. The van der Waals surface area contributed by atoms with Crippen LogP contribution in [0.15, 0.2) is 0 Å². The average Bonchev–Trinajstić information content (AvgIpc) is 2.16. The maximum Gasteiger partial charge on any atom is 0.243 e. The smallest absolute Gasteiger partial charge is 0.243 e. The first kappa shape index (κ1) is 13.1. The highest BCUT2D eigenvalue weighted by molar-refractivity contribution is 6.00. The van der Waals surface area contributed by atoms with Crippen molar-refractivity contribution in [3.05, 3.63) is 0 Å². The molecule has 1 aliphatic heterocycles. The van der Waals surface area contributed by atoms with Crippen molar-refractivity contribution in [3.8, 4) is 0 Å². The van der Waals surface area contributed by atoms with Crippen molar-refractivity contribution >= 4 is 11.8 Å². The van der Waals surface area contributed by atoms with E-state index < -0.39 is 0 Å². The van der Waals surface area contributed by atoms with Crippen LogP contribution < -0.4 is 5.32 Å². The highest BCUT2D eigenvalue weighted by Gasteiger charge is 2.31. The van der Waals surface area contributed by atoms with E-state index in [-0.39, 0.29) is 17.9 Å². The molecule has 16 heavy (non-hydrogen) atoms. The highest BCUT2D eigenvalue weighted by Crippen LogP contribution is 2.14. The van der Waals surface area contributed by atoms with Crippen molar-refractivity contribution in [1.82, 2.24) is 10.2 Å². The summed E-state index contributed by atoms with van der Waals surface area (Å²) in [6, 6.07) is -0.236. The molecule has 0 radical (unpaired) electrons. The number of imide groups is 1. The second-order valence-electron chi connectivity index (χ2n) is 4.55. The first-order chi connectivity index (χ1) is 7.54. The van der Waals surface area contributed by atoms with Crippen LogP contribution in [0.3, 0.4) is 0 Å². The minimum atomic E-state index is -0.236. The molecule has 1 fully saturated rings.